The molecule has 0 spiro atoms. The topological polar surface area (TPSA) is 88.8 Å². The summed E-state index contributed by atoms with van der Waals surface area (Å²) < 4.78 is 30.5. The Morgan fingerprint density at radius 3 is 2.42 bits per heavy atom. The predicted octanol–water partition coefficient (Wildman–Crippen LogP) is 5.00. The Labute approximate surface area is 216 Å². The summed E-state index contributed by atoms with van der Waals surface area (Å²) in [6, 6.07) is 11.5. The fourth-order valence-corrected chi connectivity index (χ4v) is 5.31. The number of carbonyl (C=O) groups excluding carboxylic acids is 2. The van der Waals surface area contributed by atoms with E-state index in [0.717, 1.165) is 24.2 Å². The number of carbonyl (C=O) groups is 2. The average Bonchev–Trinajstić information content (AvgIpc) is 3.30. The number of likely N-dealkylation sites (tertiary alicyclic amines) is 1. The van der Waals surface area contributed by atoms with Crippen molar-refractivity contribution in [3.8, 4) is 27.6 Å². The van der Waals surface area contributed by atoms with E-state index in [2.05, 4.69) is 14.6 Å². The maximum Gasteiger partial charge on any atom is 0.387 e. The van der Waals surface area contributed by atoms with Crippen LogP contribution < -0.4 is 10.5 Å². The molecule has 4 rings (SSSR count). The summed E-state index contributed by atoms with van der Waals surface area (Å²) in [5.74, 6) is -0.971. The summed E-state index contributed by atoms with van der Waals surface area (Å²) in [7, 11) is 4.10. The molecule has 1 fully saturated rings. The van der Waals surface area contributed by atoms with Gasteiger partial charge in [-0.05, 0) is 57.3 Å². The van der Waals surface area contributed by atoms with Crippen LogP contribution in [0, 0.1) is 0 Å². The summed E-state index contributed by atoms with van der Waals surface area (Å²) in [6.45, 7) is -1.67. The Morgan fingerprint density at radius 2 is 1.83 bits per heavy atom. The first kappa shape index (κ1) is 26.0. The van der Waals surface area contributed by atoms with E-state index >= 15 is 0 Å². The molecule has 2 heterocycles. The Morgan fingerprint density at radius 1 is 1.17 bits per heavy atom. The molecule has 2 amide bonds. The molecule has 3 aromatic rings. The maximum atomic E-state index is 13.0. The van der Waals surface area contributed by atoms with E-state index in [4.69, 9.17) is 17.3 Å². The third-order valence-electron chi connectivity index (χ3n) is 6.12. The van der Waals surface area contributed by atoms with Crippen molar-refractivity contribution in [2.75, 3.05) is 27.2 Å². The lowest BCUT2D eigenvalue weighted by molar-refractivity contribution is -0.0494. The first-order valence-electron chi connectivity index (χ1n) is 11.3. The van der Waals surface area contributed by atoms with E-state index in [1.165, 1.54) is 18.2 Å². The quantitative estimate of drug-likeness (QED) is 0.461. The van der Waals surface area contributed by atoms with Gasteiger partial charge in [-0.15, -0.1) is 11.3 Å². The molecule has 1 aliphatic heterocycles. The molecule has 7 nitrogen and oxygen atoms in total. The minimum Gasteiger partial charge on any atom is -0.434 e. The zero-order valence-electron chi connectivity index (χ0n) is 19.7. The van der Waals surface area contributed by atoms with Gasteiger partial charge in [0.2, 0.25) is 0 Å². The molecule has 0 aliphatic carbocycles. The number of ether oxygens (including phenoxy) is 1. The number of amides is 2. The Bertz CT molecular complexity index is 1260. The fourth-order valence-electron chi connectivity index (χ4n) is 4.20. The second-order valence-corrected chi connectivity index (χ2v) is 10.1. The molecule has 0 unspecified atom stereocenters. The number of alkyl halides is 2. The van der Waals surface area contributed by atoms with Crippen molar-refractivity contribution >= 4 is 34.8 Å². The summed E-state index contributed by atoms with van der Waals surface area (Å²) in [5, 5.41) is 0.696. The number of nitrogens with two attached hydrogens (primary N) is 1. The zero-order chi connectivity index (χ0) is 26.0. The van der Waals surface area contributed by atoms with Crippen molar-refractivity contribution in [1.29, 1.82) is 0 Å². The average molecular weight is 535 g/mol. The van der Waals surface area contributed by atoms with E-state index < -0.39 is 12.5 Å². The second-order valence-electron chi connectivity index (χ2n) is 8.64. The Hall–Kier alpha value is -3.08. The highest BCUT2D eigenvalue weighted by molar-refractivity contribution is 7.17. The van der Waals surface area contributed by atoms with Crippen molar-refractivity contribution in [1.82, 2.24) is 14.8 Å². The molecule has 0 saturated carbocycles. The number of halogens is 3. The van der Waals surface area contributed by atoms with Gasteiger partial charge in [0.25, 0.3) is 11.8 Å². The molecule has 11 heteroatoms. The van der Waals surface area contributed by atoms with Crippen LogP contribution in [0.5, 0.6) is 5.75 Å². The number of nitrogens with zero attached hydrogens (tertiary/aromatic N) is 3. The van der Waals surface area contributed by atoms with Gasteiger partial charge in [-0.25, -0.2) is 4.98 Å². The number of hydrogen-bond donors (Lipinski definition) is 1. The van der Waals surface area contributed by atoms with Gasteiger partial charge in [0.15, 0.2) is 0 Å². The highest BCUT2D eigenvalue weighted by Crippen LogP contribution is 2.39. The Kier molecular flexibility index (Phi) is 7.87. The maximum absolute atomic E-state index is 13.0. The molecular formula is C25H25ClF2N4O3S. The van der Waals surface area contributed by atoms with Gasteiger partial charge in [0.1, 0.15) is 15.6 Å². The van der Waals surface area contributed by atoms with E-state index in [1.54, 1.807) is 24.3 Å². The van der Waals surface area contributed by atoms with Gasteiger partial charge in [-0.3, -0.25) is 9.59 Å². The third-order valence-corrected chi connectivity index (χ3v) is 7.48. The number of rotatable bonds is 7. The van der Waals surface area contributed by atoms with Gasteiger partial charge in [0, 0.05) is 40.8 Å². The number of aromatic nitrogens is 1. The van der Waals surface area contributed by atoms with Crippen LogP contribution >= 0.6 is 22.9 Å². The molecule has 0 bridgehead atoms. The molecular weight excluding hydrogens is 510 g/mol. The van der Waals surface area contributed by atoms with Crippen LogP contribution in [0.2, 0.25) is 5.02 Å². The van der Waals surface area contributed by atoms with Crippen LogP contribution in [0.3, 0.4) is 0 Å². The molecule has 1 aromatic heterocycles. The number of thiazole rings is 1. The molecule has 0 atom stereocenters. The lowest BCUT2D eigenvalue weighted by atomic mass is 10.0. The molecule has 0 radical (unpaired) electrons. The minimum absolute atomic E-state index is 0.0378. The Balaban J connectivity index is 1.60. The van der Waals surface area contributed by atoms with Crippen molar-refractivity contribution < 1.29 is 23.1 Å². The lowest BCUT2D eigenvalue weighted by Crippen LogP contribution is -2.44. The molecule has 36 heavy (non-hydrogen) atoms. The zero-order valence-corrected chi connectivity index (χ0v) is 21.3. The first-order valence-corrected chi connectivity index (χ1v) is 12.4. The van der Waals surface area contributed by atoms with E-state index in [0.29, 0.717) is 35.3 Å². The molecule has 2 N–H and O–H groups in total. The standard InChI is InChI=1S/C25H25ClF2N4O3S/c1-31(2)17-9-11-32(12-10-17)24(34)15-5-3-14(4-6-15)23-30-20(21(36-23)22(29)33)18-13-16(26)7-8-19(18)35-25(27)28/h3-8,13,17,25H,9-12H2,1-2H3,(H2,29,33). The fraction of sp³-hybridized carbons (Fsp3) is 0.320. The molecule has 1 aliphatic rings. The van der Waals surface area contributed by atoms with Gasteiger partial charge in [-0.2, -0.15) is 8.78 Å². The van der Waals surface area contributed by atoms with Gasteiger partial charge >= 0.3 is 6.61 Å². The van der Waals surface area contributed by atoms with Crippen LogP contribution in [0.15, 0.2) is 42.5 Å². The SMILES string of the molecule is CN(C)C1CCN(C(=O)c2ccc(-c3nc(-c4cc(Cl)ccc4OC(F)F)c(C(N)=O)s3)cc2)CC1. The summed E-state index contributed by atoms with van der Waals surface area (Å²) in [6.07, 6.45) is 1.85. The van der Waals surface area contributed by atoms with Crippen molar-refractivity contribution in [3.05, 3.63) is 57.9 Å². The lowest BCUT2D eigenvalue weighted by Gasteiger charge is -2.35. The normalized spacial score (nSPS) is 14.5. The van der Waals surface area contributed by atoms with Gasteiger partial charge in [-0.1, -0.05) is 23.7 Å². The van der Waals surface area contributed by atoms with Crippen molar-refractivity contribution in [2.24, 2.45) is 5.73 Å². The van der Waals surface area contributed by atoms with Gasteiger partial charge < -0.3 is 20.3 Å². The van der Waals surface area contributed by atoms with Crippen molar-refractivity contribution in [3.63, 3.8) is 0 Å². The minimum atomic E-state index is -3.07. The largest absolute Gasteiger partial charge is 0.434 e. The molecule has 190 valence electrons. The van der Waals surface area contributed by atoms with Crippen LogP contribution in [0.1, 0.15) is 32.9 Å². The van der Waals surface area contributed by atoms with Crippen LogP contribution in [0.25, 0.3) is 21.8 Å². The third kappa shape index (κ3) is 5.66. The summed E-state index contributed by atoms with van der Waals surface area (Å²) in [5.41, 5.74) is 7.00. The van der Waals surface area contributed by atoms with E-state index in [9.17, 15) is 18.4 Å². The number of hydrogen-bond acceptors (Lipinski definition) is 6. The highest BCUT2D eigenvalue weighted by atomic mass is 35.5. The number of benzene rings is 2. The van der Waals surface area contributed by atoms with Crippen LogP contribution in [0.4, 0.5) is 8.78 Å². The number of primary amides is 1. The number of piperidine rings is 1. The monoisotopic (exact) mass is 534 g/mol. The van der Waals surface area contributed by atoms with Gasteiger partial charge in [0.05, 0.1) is 5.69 Å². The van der Waals surface area contributed by atoms with E-state index in [1.807, 2.05) is 19.0 Å². The molecule has 2 aromatic carbocycles. The molecule has 1 saturated heterocycles. The smallest absolute Gasteiger partial charge is 0.387 e. The van der Waals surface area contributed by atoms with Crippen LogP contribution in [-0.4, -0.2) is 66.4 Å². The summed E-state index contributed by atoms with van der Waals surface area (Å²) in [4.78, 5) is 33.7. The highest BCUT2D eigenvalue weighted by Gasteiger charge is 2.26. The second kappa shape index (κ2) is 10.9. The first-order chi connectivity index (χ1) is 17.1. The predicted molar refractivity (Wildman–Crippen MR) is 136 cm³/mol. The summed E-state index contributed by atoms with van der Waals surface area (Å²) >= 11 is 7.09. The van der Waals surface area contributed by atoms with Crippen molar-refractivity contribution in [2.45, 2.75) is 25.5 Å². The van der Waals surface area contributed by atoms with E-state index in [-0.39, 0.29) is 32.8 Å². The van der Waals surface area contributed by atoms with Crippen LogP contribution in [-0.2, 0) is 0 Å².